The van der Waals surface area contributed by atoms with Crippen molar-refractivity contribution in [3.8, 4) is 5.69 Å². The molecule has 0 radical (unpaired) electrons. The Morgan fingerprint density at radius 2 is 1.55 bits per heavy atom. The molecule has 0 amide bonds. The van der Waals surface area contributed by atoms with E-state index in [-0.39, 0.29) is 0 Å². The van der Waals surface area contributed by atoms with Crippen LogP contribution in [0.2, 0.25) is 0 Å². The fourth-order valence-corrected chi connectivity index (χ4v) is 3.14. The zero-order valence-corrected chi connectivity index (χ0v) is 12.6. The largest absolute Gasteiger partial charge is 0.295 e. The van der Waals surface area contributed by atoms with Crippen molar-refractivity contribution < 1.29 is 0 Å². The van der Waals surface area contributed by atoms with E-state index in [0.29, 0.717) is 0 Å². The molecule has 1 aromatic heterocycles. The Bertz CT molecular complexity index is 827. The molecule has 0 aliphatic rings. The number of aromatic nitrogens is 2. The van der Waals surface area contributed by atoms with Crippen LogP contribution in [0.15, 0.2) is 65.7 Å². The second-order valence-electron chi connectivity index (χ2n) is 4.29. The number of rotatable bonds is 2. The van der Waals surface area contributed by atoms with E-state index in [0.717, 1.165) is 20.9 Å². The van der Waals surface area contributed by atoms with E-state index in [2.05, 4.69) is 4.99 Å². The van der Waals surface area contributed by atoms with E-state index >= 15 is 0 Å². The van der Waals surface area contributed by atoms with E-state index < -0.39 is 0 Å². The molecule has 3 aromatic rings. The lowest BCUT2D eigenvalue weighted by molar-refractivity contribution is 0.823. The van der Waals surface area contributed by atoms with Crippen LogP contribution in [0, 0.1) is 4.77 Å². The molecule has 0 fully saturated rings. The first-order chi connectivity index (χ1) is 9.75. The van der Waals surface area contributed by atoms with Gasteiger partial charge >= 0.3 is 0 Å². The molecular formula is C15H13N3S2. The van der Waals surface area contributed by atoms with Crippen LogP contribution >= 0.6 is 23.8 Å². The van der Waals surface area contributed by atoms with Gasteiger partial charge in [-0.15, -0.1) is 0 Å². The van der Waals surface area contributed by atoms with Gasteiger partial charge in [-0.1, -0.05) is 36.4 Å². The van der Waals surface area contributed by atoms with Gasteiger partial charge in [-0.05, 0) is 48.0 Å². The summed E-state index contributed by atoms with van der Waals surface area (Å²) >= 11 is 7.03. The first-order valence-electron chi connectivity index (χ1n) is 6.20. The van der Waals surface area contributed by atoms with Gasteiger partial charge in [-0.25, -0.2) is 8.95 Å². The van der Waals surface area contributed by atoms with Crippen molar-refractivity contribution in [2.75, 3.05) is 0 Å². The van der Waals surface area contributed by atoms with Gasteiger partial charge in [0.1, 0.15) is 0 Å². The molecule has 0 atom stereocenters. The Labute approximate surface area is 126 Å². The quantitative estimate of drug-likeness (QED) is 0.659. The highest BCUT2D eigenvalue weighted by molar-refractivity contribution is 7.71. The van der Waals surface area contributed by atoms with E-state index in [1.165, 1.54) is 0 Å². The first-order valence-corrected chi connectivity index (χ1v) is 7.38. The molecular weight excluding hydrogens is 286 g/mol. The summed E-state index contributed by atoms with van der Waals surface area (Å²) in [6.07, 6.45) is 0. The molecule has 20 heavy (non-hydrogen) atoms. The van der Waals surface area contributed by atoms with Gasteiger partial charge in [-0.3, -0.25) is 4.57 Å². The Morgan fingerprint density at radius 1 is 0.950 bits per heavy atom. The van der Waals surface area contributed by atoms with Crippen LogP contribution in [0.5, 0.6) is 0 Å². The van der Waals surface area contributed by atoms with Crippen LogP contribution in [0.25, 0.3) is 5.69 Å². The van der Waals surface area contributed by atoms with Crippen molar-refractivity contribution in [1.29, 1.82) is 0 Å². The molecule has 100 valence electrons. The van der Waals surface area contributed by atoms with Gasteiger partial charge in [0, 0.05) is 7.05 Å². The fourth-order valence-electron chi connectivity index (χ4n) is 1.83. The molecule has 0 aliphatic heterocycles. The highest BCUT2D eigenvalue weighted by atomic mass is 32.1. The van der Waals surface area contributed by atoms with Crippen LogP contribution in [0.1, 0.15) is 0 Å². The predicted molar refractivity (Wildman–Crippen MR) is 85.1 cm³/mol. The number of para-hydroxylation sites is 2. The lowest BCUT2D eigenvalue weighted by atomic mass is 10.3. The van der Waals surface area contributed by atoms with Crippen molar-refractivity contribution in [3.63, 3.8) is 0 Å². The maximum absolute atomic E-state index is 5.49. The van der Waals surface area contributed by atoms with E-state index in [4.69, 9.17) is 12.2 Å². The van der Waals surface area contributed by atoms with E-state index in [1.807, 2.05) is 76.2 Å². The van der Waals surface area contributed by atoms with Gasteiger partial charge in [0.2, 0.25) is 4.80 Å². The molecule has 0 unspecified atom stereocenters. The van der Waals surface area contributed by atoms with Crippen LogP contribution in [0.3, 0.4) is 0 Å². The Morgan fingerprint density at radius 3 is 2.20 bits per heavy atom. The Kier molecular flexibility index (Phi) is 3.62. The summed E-state index contributed by atoms with van der Waals surface area (Å²) in [5.41, 5.74) is 1.99. The van der Waals surface area contributed by atoms with Gasteiger partial charge in [-0.2, -0.15) is 0 Å². The third-order valence-electron chi connectivity index (χ3n) is 2.89. The third-order valence-corrected chi connectivity index (χ3v) is 4.56. The summed E-state index contributed by atoms with van der Waals surface area (Å²) in [5.74, 6) is 0. The zero-order valence-electron chi connectivity index (χ0n) is 10.9. The normalized spacial score (nSPS) is 11.8. The second-order valence-corrected chi connectivity index (χ2v) is 5.57. The van der Waals surface area contributed by atoms with Gasteiger partial charge in [0.25, 0.3) is 0 Å². The minimum atomic E-state index is 0.746. The molecule has 1 heterocycles. The fraction of sp³-hybridized carbons (Fsp3) is 0.0667. The topological polar surface area (TPSA) is 22.2 Å². The van der Waals surface area contributed by atoms with Crippen LogP contribution in [-0.4, -0.2) is 8.52 Å². The Balaban J connectivity index is 2.17. The van der Waals surface area contributed by atoms with Crippen molar-refractivity contribution in [2.45, 2.75) is 0 Å². The Hall–Kier alpha value is -1.98. The van der Waals surface area contributed by atoms with Crippen molar-refractivity contribution in [2.24, 2.45) is 12.0 Å². The lowest BCUT2D eigenvalue weighted by Crippen LogP contribution is -2.09. The summed E-state index contributed by atoms with van der Waals surface area (Å²) < 4.78 is 4.69. The van der Waals surface area contributed by atoms with Crippen molar-refractivity contribution in [1.82, 2.24) is 8.52 Å². The average molecular weight is 299 g/mol. The predicted octanol–water partition coefficient (Wildman–Crippen LogP) is 3.84. The van der Waals surface area contributed by atoms with Gasteiger partial charge < -0.3 is 0 Å². The highest BCUT2D eigenvalue weighted by Gasteiger charge is 2.04. The second kappa shape index (κ2) is 5.56. The maximum atomic E-state index is 5.49. The lowest BCUT2D eigenvalue weighted by Gasteiger charge is -1.98. The summed E-state index contributed by atoms with van der Waals surface area (Å²) in [6.45, 7) is 0. The number of nitrogens with zero attached hydrogens (tertiary/aromatic N) is 3. The number of hydrogen-bond acceptors (Lipinski definition) is 3. The van der Waals surface area contributed by atoms with Crippen LogP contribution in [-0.2, 0) is 7.05 Å². The molecule has 3 nitrogen and oxygen atoms in total. The summed E-state index contributed by atoms with van der Waals surface area (Å²) in [7, 11) is 1.94. The third kappa shape index (κ3) is 2.50. The summed E-state index contributed by atoms with van der Waals surface area (Å²) in [4.78, 5) is 5.52. The molecule has 0 saturated heterocycles. The SMILES string of the molecule is Cn1c(=Nc2ccccc2)sn(-c2ccccc2)c1=S. The standard InChI is InChI=1S/C15H13N3S2/c1-17-14(16-12-8-4-2-5-9-12)20-18(15(17)19)13-10-6-3-7-11-13/h2-11H,1H3. The van der Waals surface area contributed by atoms with Crippen molar-refractivity contribution in [3.05, 3.63) is 70.2 Å². The number of benzene rings is 2. The van der Waals surface area contributed by atoms with E-state index in [9.17, 15) is 0 Å². The first kappa shape index (κ1) is 13.0. The highest BCUT2D eigenvalue weighted by Crippen LogP contribution is 2.12. The van der Waals surface area contributed by atoms with Crippen LogP contribution in [0.4, 0.5) is 5.69 Å². The minimum Gasteiger partial charge on any atom is -0.295 e. The maximum Gasteiger partial charge on any atom is 0.208 e. The van der Waals surface area contributed by atoms with Gasteiger partial charge in [0.15, 0.2) is 4.77 Å². The average Bonchev–Trinajstić information content (AvgIpc) is 2.78. The monoisotopic (exact) mass is 299 g/mol. The van der Waals surface area contributed by atoms with Gasteiger partial charge in [0.05, 0.1) is 11.4 Å². The van der Waals surface area contributed by atoms with E-state index in [1.54, 1.807) is 11.5 Å². The smallest absolute Gasteiger partial charge is 0.208 e. The van der Waals surface area contributed by atoms with Crippen LogP contribution < -0.4 is 4.80 Å². The molecule has 0 N–H and O–H groups in total. The molecule has 2 aromatic carbocycles. The zero-order chi connectivity index (χ0) is 13.9. The molecule has 5 heteroatoms. The summed E-state index contributed by atoms with van der Waals surface area (Å²) in [5, 5.41) is 0. The summed E-state index contributed by atoms with van der Waals surface area (Å²) in [6, 6.07) is 20.0. The molecule has 0 saturated carbocycles. The molecule has 3 rings (SSSR count). The van der Waals surface area contributed by atoms with Crippen molar-refractivity contribution >= 4 is 29.4 Å². The molecule has 0 bridgehead atoms. The molecule has 0 aliphatic carbocycles. The minimum absolute atomic E-state index is 0.746. The number of hydrogen-bond donors (Lipinski definition) is 0. The molecule has 0 spiro atoms.